The van der Waals surface area contributed by atoms with Crippen LogP contribution in [-0.2, 0) is 33.6 Å². The smallest absolute Gasteiger partial charge is 0.450 e. The Labute approximate surface area is 228 Å². The molecule has 202 valence electrons. The van der Waals surface area contributed by atoms with Crippen molar-refractivity contribution in [2.75, 3.05) is 0 Å². The first-order valence-electron chi connectivity index (χ1n) is 12.3. The summed E-state index contributed by atoms with van der Waals surface area (Å²) in [6.45, 7) is 3.66. The normalized spacial score (nSPS) is 18.3. The Hall–Kier alpha value is -3.30. The first-order valence-corrected chi connectivity index (χ1v) is 13.0. The van der Waals surface area contributed by atoms with Crippen LogP contribution in [0.5, 0.6) is 0 Å². The average Bonchev–Trinajstić information content (AvgIpc) is 3.20. The number of carboxylic acid groups (broad SMARTS) is 1. The number of halogens is 3. The summed E-state index contributed by atoms with van der Waals surface area (Å²) in [4.78, 5) is 41.3. The molecule has 3 aromatic rings. The van der Waals surface area contributed by atoms with E-state index in [0.29, 0.717) is 33.8 Å². The molecule has 1 aliphatic rings. The van der Waals surface area contributed by atoms with Crippen molar-refractivity contribution >= 4 is 52.1 Å². The number of aryl methyl sites for hydroxylation is 1. The van der Waals surface area contributed by atoms with Gasteiger partial charge in [-0.15, -0.1) is 0 Å². The van der Waals surface area contributed by atoms with Crippen molar-refractivity contribution in [3.05, 3.63) is 69.1 Å². The topological polar surface area (TPSA) is 121 Å². The number of H-pyrrole nitrogens is 1. The Morgan fingerprint density at radius 3 is 2.66 bits per heavy atom. The van der Waals surface area contributed by atoms with Gasteiger partial charge >= 0.3 is 6.16 Å². The third-order valence-electron chi connectivity index (χ3n) is 7.02. The molecule has 0 saturated carbocycles. The number of benzene rings is 2. The fourth-order valence-corrected chi connectivity index (χ4v) is 5.41. The van der Waals surface area contributed by atoms with Gasteiger partial charge in [0.05, 0.1) is 17.0 Å². The van der Waals surface area contributed by atoms with Crippen molar-refractivity contribution in [3.63, 3.8) is 0 Å². The largest absolute Gasteiger partial charge is 0.507 e. The van der Waals surface area contributed by atoms with Crippen LogP contribution in [-0.4, -0.2) is 39.8 Å². The van der Waals surface area contributed by atoms with Gasteiger partial charge in [0.15, 0.2) is 5.72 Å². The second kappa shape index (κ2) is 11.2. The van der Waals surface area contributed by atoms with Crippen molar-refractivity contribution in [3.8, 4) is 0 Å². The van der Waals surface area contributed by atoms with Crippen molar-refractivity contribution in [1.82, 2.24) is 15.6 Å². The fraction of sp³-hybridized carbons (Fsp3) is 0.370. The highest BCUT2D eigenvalue weighted by molar-refractivity contribution is 6.38. The van der Waals surface area contributed by atoms with Crippen LogP contribution in [0.3, 0.4) is 0 Å². The van der Waals surface area contributed by atoms with Gasteiger partial charge in [-0.3, -0.25) is 9.59 Å². The van der Waals surface area contributed by atoms with Gasteiger partial charge in [-0.1, -0.05) is 61.7 Å². The van der Waals surface area contributed by atoms with Crippen molar-refractivity contribution in [2.24, 2.45) is 5.92 Å². The zero-order chi connectivity index (χ0) is 27.6. The summed E-state index contributed by atoms with van der Waals surface area (Å²) in [7, 11) is 0. The average molecular weight is 564 g/mol. The maximum Gasteiger partial charge on any atom is 0.507 e. The van der Waals surface area contributed by atoms with E-state index in [2.05, 4.69) is 15.6 Å². The lowest BCUT2D eigenvalue weighted by atomic mass is 9.87. The summed E-state index contributed by atoms with van der Waals surface area (Å²) in [5.74, 6) is -1.94. The zero-order valence-electron chi connectivity index (χ0n) is 20.9. The molecule has 1 unspecified atom stereocenters. The molecule has 0 fully saturated rings. The molecule has 0 radical (unpaired) electrons. The molecule has 8 nitrogen and oxygen atoms in total. The number of amides is 2. The van der Waals surface area contributed by atoms with Crippen molar-refractivity contribution in [2.45, 2.75) is 57.7 Å². The van der Waals surface area contributed by atoms with Crippen LogP contribution in [0.15, 0.2) is 36.4 Å². The molecule has 0 bridgehead atoms. The van der Waals surface area contributed by atoms with E-state index < -0.39 is 35.6 Å². The minimum absolute atomic E-state index is 0.0352. The Morgan fingerprint density at radius 1 is 1.24 bits per heavy atom. The van der Waals surface area contributed by atoms with Crippen LogP contribution < -0.4 is 10.6 Å². The summed E-state index contributed by atoms with van der Waals surface area (Å²) < 4.78 is 19.4. The molecular weight excluding hydrogens is 536 g/mol. The van der Waals surface area contributed by atoms with E-state index in [1.54, 1.807) is 25.1 Å². The Kier molecular flexibility index (Phi) is 8.18. The highest BCUT2D eigenvalue weighted by atomic mass is 35.5. The monoisotopic (exact) mass is 563 g/mol. The predicted molar refractivity (Wildman–Crippen MR) is 142 cm³/mol. The first-order chi connectivity index (χ1) is 18.0. The molecule has 2 aromatic carbocycles. The molecule has 11 heteroatoms. The number of ether oxygens (including phenoxy) is 1. The molecule has 3 atom stereocenters. The maximum atomic E-state index is 14.1. The van der Waals surface area contributed by atoms with Gasteiger partial charge in [0, 0.05) is 28.9 Å². The Balaban J connectivity index is 1.60. The van der Waals surface area contributed by atoms with E-state index in [4.69, 9.17) is 27.9 Å². The number of rotatable bonds is 8. The summed E-state index contributed by atoms with van der Waals surface area (Å²) >= 11 is 12.6. The molecule has 1 aromatic heterocycles. The number of aromatic amines is 1. The van der Waals surface area contributed by atoms with E-state index in [9.17, 15) is 23.9 Å². The summed E-state index contributed by atoms with van der Waals surface area (Å²) in [5, 5.41) is 16.6. The molecule has 38 heavy (non-hydrogen) atoms. The van der Waals surface area contributed by atoms with Gasteiger partial charge < -0.3 is 25.5 Å². The third-order valence-corrected chi connectivity index (χ3v) is 7.53. The molecule has 4 rings (SSSR count). The Bertz CT molecular complexity index is 1390. The van der Waals surface area contributed by atoms with Crippen LogP contribution in [0.4, 0.5) is 9.18 Å². The number of fused-ring (bicyclic) bond motifs is 3. The van der Waals surface area contributed by atoms with Gasteiger partial charge in [0.2, 0.25) is 11.8 Å². The van der Waals surface area contributed by atoms with E-state index in [1.165, 1.54) is 18.2 Å². The first kappa shape index (κ1) is 27.7. The highest BCUT2D eigenvalue weighted by Gasteiger charge is 2.43. The van der Waals surface area contributed by atoms with Crippen LogP contribution in [0.25, 0.3) is 10.9 Å². The summed E-state index contributed by atoms with van der Waals surface area (Å²) in [6.07, 6.45) is -0.675. The summed E-state index contributed by atoms with van der Waals surface area (Å²) in [5.41, 5.74) is 0.870. The second-order valence-corrected chi connectivity index (χ2v) is 10.5. The van der Waals surface area contributed by atoms with Crippen LogP contribution >= 0.6 is 23.2 Å². The number of hydrogen-bond donors (Lipinski definition) is 4. The standard InChI is InChI=1S/C27H28Cl2FN3O5/c1-3-14(2)23(32-22(34)10-15-6-4-5-7-20(15)30)25(35)33-27(38-26(36)37)9-8-21-18(13-27)17-11-16(28)12-19(29)24(17)31-21/h4-7,11-12,14,23,31H,3,8-10,13H2,1-2H3,(H,32,34)(H,33,35)(H,36,37)/t14?,23-,27+/m0/s1. The predicted octanol–water partition coefficient (Wildman–Crippen LogP) is 5.38. The molecule has 1 heterocycles. The van der Waals surface area contributed by atoms with Gasteiger partial charge in [-0.25, -0.2) is 9.18 Å². The van der Waals surface area contributed by atoms with Gasteiger partial charge in [0.25, 0.3) is 0 Å². The molecule has 4 N–H and O–H groups in total. The lowest BCUT2D eigenvalue weighted by Crippen LogP contribution is -2.61. The number of nitrogens with one attached hydrogen (secondary N) is 3. The van der Waals surface area contributed by atoms with E-state index in [0.717, 1.165) is 11.3 Å². The maximum absolute atomic E-state index is 14.1. The third kappa shape index (κ3) is 5.89. The molecule has 2 amide bonds. The lowest BCUT2D eigenvalue weighted by molar-refractivity contribution is -0.137. The van der Waals surface area contributed by atoms with Gasteiger partial charge in [0.1, 0.15) is 11.9 Å². The summed E-state index contributed by atoms with van der Waals surface area (Å²) in [6, 6.07) is 8.25. The Morgan fingerprint density at radius 2 is 1.97 bits per heavy atom. The number of hydrogen-bond acceptors (Lipinski definition) is 4. The molecule has 0 saturated heterocycles. The lowest BCUT2D eigenvalue weighted by Gasteiger charge is -2.38. The van der Waals surface area contributed by atoms with E-state index >= 15 is 0 Å². The second-order valence-electron chi connectivity index (χ2n) is 9.62. The molecule has 0 spiro atoms. The van der Waals surface area contributed by atoms with Crippen molar-refractivity contribution < 1.29 is 28.6 Å². The molecular formula is C27H28Cl2FN3O5. The minimum atomic E-state index is -1.58. The quantitative estimate of drug-likeness (QED) is 0.216. The van der Waals surface area contributed by atoms with Gasteiger partial charge in [-0.05, 0) is 41.7 Å². The van der Waals surface area contributed by atoms with Crippen LogP contribution in [0.2, 0.25) is 10.0 Å². The van der Waals surface area contributed by atoms with Crippen molar-refractivity contribution in [1.29, 1.82) is 0 Å². The van der Waals surface area contributed by atoms with Crippen LogP contribution in [0, 0.1) is 11.7 Å². The fourth-order valence-electron chi connectivity index (χ4n) is 4.87. The minimum Gasteiger partial charge on any atom is -0.450 e. The van der Waals surface area contributed by atoms with Gasteiger partial charge in [-0.2, -0.15) is 0 Å². The number of carbonyl (C=O) groups is 3. The highest BCUT2D eigenvalue weighted by Crippen LogP contribution is 2.38. The number of carbonyl (C=O) groups excluding carboxylic acids is 2. The molecule has 1 aliphatic carbocycles. The van der Waals surface area contributed by atoms with Crippen LogP contribution in [0.1, 0.15) is 43.5 Å². The number of aromatic nitrogens is 1. The SMILES string of the molecule is CCC(C)[C@H](NC(=O)Cc1ccccc1F)C(=O)N[C@@]1(OC(=O)O)CCc2[nH]c3c(Cl)cc(Cl)cc3c2C1. The van der Waals surface area contributed by atoms with E-state index in [1.807, 2.05) is 6.92 Å². The van der Waals surface area contributed by atoms with E-state index in [-0.39, 0.29) is 30.7 Å². The zero-order valence-corrected chi connectivity index (χ0v) is 22.4. The molecule has 0 aliphatic heterocycles.